The highest BCUT2D eigenvalue weighted by Crippen LogP contribution is 2.60. The van der Waals surface area contributed by atoms with Gasteiger partial charge in [-0.1, -0.05) is 31.2 Å². The van der Waals surface area contributed by atoms with Crippen LogP contribution in [0.25, 0.3) is 21.5 Å². The van der Waals surface area contributed by atoms with Gasteiger partial charge < -0.3 is 4.52 Å². The largest absolute Gasteiger partial charge is 0.439 e. The molecule has 3 aromatic carbocycles. The molecule has 0 aliphatic heterocycles. The molecule has 0 aliphatic rings. The Kier molecular flexibility index (Phi) is 5.51. The van der Waals surface area contributed by atoms with Gasteiger partial charge in [0.15, 0.2) is 0 Å². The van der Waals surface area contributed by atoms with Gasteiger partial charge in [-0.25, -0.2) is 4.57 Å². The Morgan fingerprint density at radius 3 is 2.35 bits per heavy atom. The van der Waals surface area contributed by atoms with Crippen molar-refractivity contribution in [2.45, 2.75) is 13.3 Å². The molecule has 0 N–H and O–H groups in total. The lowest BCUT2D eigenvalue weighted by atomic mass is 10.0. The number of nitro groups is 1. The maximum absolute atomic E-state index is 12.8. The van der Waals surface area contributed by atoms with E-state index in [2.05, 4.69) is 0 Å². The molecule has 0 spiro atoms. The summed E-state index contributed by atoms with van der Waals surface area (Å²) in [6.45, 7) is -1.42. The fourth-order valence-electron chi connectivity index (χ4n) is 2.67. The number of nitrogens with zero attached hydrogens (tertiary/aromatic N) is 1. The Morgan fingerprint density at radius 2 is 1.77 bits per heavy atom. The van der Waals surface area contributed by atoms with Crippen LogP contribution < -0.4 is 4.52 Å². The molecule has 8 heteroatoms. The summed E-state index contributed by atoms with van der Waals surface area (Å²) in [4.78, 5) is 11.0. The van der Waals surface area contributed by atoms with E-state index in [0.29, 0.717) is 22.3 Å². The number of benzene rings is 3. The number of hydrogen-bond acceptors (Lipinski definition) is 6. The quantitative estimate of drug-likeness (QED) is 0.207. The highest BCUT2D eigenvalue weighted by molar-refractivity contribution is 8.55. The summed E-state index contributed by atoms with van der Waals surface area (Å²) in [7, 11) is 1.34. The van der Waals surface area contributed by atoms with E-state index in [1.165, 1.54) is 19.2 Å². The van der Waals surface area contributed by atoms with E-state index in [0.717, 1.165) is 28.6 Å². The molecule has 26 heavy (non-hydrogen) atoms. The van der Waals surface area contributed by atoms with Gasteiger partial charge in [-0.3, -0.25) is 14.6 Å². The van der Waals surface area contributed by atoms with Gasteiger partial charge in [0.1, 0.15) is 5.75 Å². The first kappa shape index (κ1) is 18.7. The highest BCUT2D eigenvalue weighted by Gasteiger charge is 2.27. The summed E-state index contributed by atoms with van der Waals surface area (Å²) in [5, 5.41) is 14.2. The fourth-order valence-corrected chi connectivity index (χ4v) is 5.64. The van der Waals surface area contributed by atoms with Crippen molar-refractivity contribution in [3.05, 3.63) is 58.6 Å². The van der Waals surface area contributed by atoms with Crippen molar-refractivity contribution in [1.29, 1.82) is 0 Å². The fraction of sp³-hybridized carbons (Fsp3) is 0.222. The maximum atomic E-state index is 12.8. The number of rotatable bonds is 7. The minimum Gasteiger partial charge on any atom is -0.416 e. The number of non-ortho nitro benzene ring substituents is 1. The Bertz CT molecular complexity index is 1020. The van der Waals surface area contributed by atoms with Gasteiger partial charge in [0.25, 0.3) is 5.69 Å². The molecule has 1 atom stereocenters. The zero-order valence-electron chi connectivity index (χ0n) is 14.4. The van der Waals surface area contributed by atoms with Gasteiger partial charge in [0.05, 0.1) is 10.3 Å². The van der Waals surface area contributed by atoms with Crippen LogP contribution in [-0.4, -0.2) is 17.8 Å². The van der Waals surface area contributed by atoms with E-state index in [1.54, 1.807) is 6.07 Å². The van der Waals surface area contributed by atoms with Gasteiger partial charge >= 0.3 is 6.80 Å². The van der Waals surface area contributed by atoms with Crippen LogP contribution in [0.15, 0.2) is 48.5 Å². The van der Waals surface area contributed by atoms with Crippen LogP contribution in [0.4, 0.5) is 5.69 Å². The average Bonchev–Trinajstić information content (AvgIpc) is 2.65. The average molecular weight is 391 g/mol. The summed E-state index contributed by atoms with van der Waals surface area (Å²) in [5.41, 5.74) is -0.0217. The Hall–Kier alpha value is -2.08. The molecule has 3 rings (SSSR count). The molecule has 0 amide bonds. The first-order chi connectivity index (χ1) is 12.5. The number of hydrogen-bond donors (Lipinski definition) is 0. The van der Waals surface area contributed by atoms with E-state index < -0.39 is 11.7 Å². The third kappa shape index (κ3) is 3.70. The van der Waals surface area contributed by atoms with E-state index in [-0.39, 0.29) is 5.69 Å². The van der Waals surface area contributed by atoms with Crippen LogP contribution in [0, 0.1) is 10.1 Å². The molecule has 6 nitrogen and oxygen atoms in total. The monoisotopic (exact) mass is 391 g/mol. The zero-order valence-corrected chi connectivity index (χ0v) is 16.1. The highest BCUT2D eigenvalue weighted by atomic mass is 32.7. The van der Waals surface area contributed by atoms with E-state index in [4.69, 9.17) is 9.05 Å². The van der Waals surface area contributed by atoms with Gasteiger partial charge in [-0.05, 0) is 46.8 Å². The van der Waals surface area contributed by atoms with Crippen molar-refractivity contribution in [2.75, 3.05) is 12.9 Å². The SMILES string of the molecule is CCCSP(=O)(OC)Oc1ccc([N+](=O)[O-])c2cc3ccccc3cc12. The lowest BCUT2D eigenvalue weighted by Gasteiger charge is -2.17. The van der Waals surface area contributed by atoms with Gasteiger partial charge in [-0.2, -0.15) is 0 Å². The summed E-state index contributed by atoms with van der Waals surface area (Å²) in [5.74, 6) is 0.934. The van der Waals surface area contributed by atoms with Crippen molar-refractivity contribution in [2.24, 2.45) is 0 Å². The minimum absolute atomic E-state index is 0.0217. The first-order valence-electron chi connectivity index (χ1n) is 8.07. The molecule has 3 aromatic rings. The van der Waals surface area contributed by atoms with Gasteiger partial charge in [0.2, 0.25) is 0 Å². The lowest BCUT2D eigenvalue weighted by Crippen LogP contribution is -1.96. The molecule has 136 valence electrons. The Labute approximate surface area is 154 Å². The van der Waals surface area contributed by atoms with Crippen molar-refractivity contribution >= 4 is 45.4 Å². The lowest BCUT2D eigenvalue weighted by molar-refractivity contribution is -0.383. The molecule has 0 aliphatic carbocycles. The molecule has 0 saturated carbocycles. The smallest absolute Gasteiger partial charge is 0.416 e. The molecule has 0 saturated heterocycles. The normalized spacial score (nSPS) is 13.6. The molecule has 1 unspecified atom stereocenters. The molecular weight excluding hydrogens is 373 g/mol. The van der Waals surface area contributed by atoms with Crippen molar-refractivity contribution in [1.82, 2.24) is 0 Å². The summed E-state index contributed by atoms with van der Waals surface area (Å²) < 4.78 is 23.7. The van der Waals surface area contributed by atoms with Crippen LogP contribution in [0.1, 0.15) is 13.3 Å². The molecular formula is C18H18NO5PS. The van der Waals surface area contributed by atoms with Gasteiger partial charge in [-0.15, -0.1) is 0 Å². The molecule has 0 bridgehead atoms. The molecule has 0 radical (unpaired) electrons. The third-order valence-corrected chi connectivity index (χ3v) is 7.85. The Balaban J connectivity index is 2.19. The van der Waals surface area contributed by atoms with E-state index in [9.17, 15) is 14.7 Å². The molecule has 0 fully saturated rings. The summed E-state index contributed by atoms with van der Waals surface area (Å²) in [6.07, 6.45) is 0.826. The first-order valence-corrected chi connectivity index (χ1v) is 11.2. The maximum Gasteiger partial charge on any atom is 0.439 e. The number of nitro benzene ring substituents is 1. The van der Waals surface area contributed by atoms with Gasteiger partial charge in [0, 0.05) is 24.3 Å². The van der Waals surface area contributed by atoms with Crippen LogP contribution in [0.3, 0.4) is 0 Å². The van der Waals surface area contributed by atoms with Crippen LogP contribution in [-0.2, 0) is 9.09 Å². The number of fused-ring (bicyclic) bond motifs is 2. The second kappa shape index (κ2) is 7.66. The van der Waals surface area contributed by atoms with E-state index in [1.807, 2.05) is 37.3 Å². The third-order valence-electron chi connectivity index (χ3n) is 3.90. The van der Waals surface area contributed by atoms with Crippen molar-refractivity contribution in [3.63, 3.8) is 0 Å². The molecule has 0 aromatic heterocycles. The second-order valence-electron chi connectivity index (χ2n) is 5.64. The summed E-state index contributed by atoms with van der Waals surface area (Å²) >= 11 is 1.12. The molecule has 0 heterocycles. The van der Waals surface area contributed by atoms with E-state index >= 15 is 0 Å². The topological polar surface area (TPSA) is 78.7 Å². The van der Waals surface area contributed by atoms with Crippen molar-refractivity contribution in [3.8, 4) is 5.75 Å². The Morgan fingerprint density at radius 1 is 1.12 bits per heavy atom. The van der Waals surface area contributed by atoms with Crippen LogP contribution in [0.2, 0.25) is 0 Å². The minimum atomic E-state index is -3.40. The predicted molar refractivity (Wildman–Crippen MR) is 106 cm³/mol. The predicted octanol–water partition coefficient (Wildman–Crippen LogP) is 6.18. The zero-order chi connectivity index (χ0) is 18.7. The standard InChI is InChI=1S/C18H18NO5PS/c1-3-10-26-25(22,23-2)24-18-9-8-17(19(20)21)15-11-13-6-4-5-7-14(13)12-16(15)18/h4-9,11-12H,3,10H2,1-2H3. The second-order valence-corrected chi connectivity index (χ2v) is 9.86. The summed E-state index contributed by atoms with van der Waals surface area (Å²) in [6, 6.07) is 14.0. The van der Waals surface area contributed by atoms with Crippen molar-refractivity contribution < 1.29 is 18.5 Å². The van der Waals surface area contributed by atoms with Crippen LogP contribution >= 0.6 is 18.2 Å². The van der Waals surface area contributed by atoms with Crippen LogP contribution in [0.5, 0.6) is 5.75 Å².